The molecule has 16 rings (SSSR count). The Labute approximate surface area is 505 Å². The van der Waals surface area contributed by atoms with Crippen molar-refractivity contribution in [2.75, 3.05) is 9.80 Å². The lowest BCUT2D eigenvalue weighted by Crippen LogP contribution is -2.17. The fourth-order valence-corrected chi connectivity index (χ4v) is 15.7. The highest BCUT2D eigenvalue weighted by atomic mass is 15.2. The number of aromatic nitrogens is 2. The fraction of sp³-hybridized carbons (Fsp3) is 0.220. The molecular formula is C82H74N4. The van der Waals surface area contributed by atoms with Crippen LogP contribution in [-0.2, 0) is 51.4 Å². The summed E-state index contributed by atoms with van der Waals surface area (Å²) < 4.78 is 4.95. The van der Waals surface area contributed by atoms with Gasteiger partial charge in [-0.05, 0) is 240 Å². The van der Waals surface area contributed by atoms with Crippen molar-refractivity contribution in [3.8, 4) is 11.4 Å². The van der Waals surface area contributed by atoms with Crippen LogP contribution < -0.4 is 9.80 Å². The van der Waals surface area contributed by atoms with Crippen molar-refractivity contribution in [1.29, 1.82) is 0 Å². The molecule has 0 fully saturated rings. The lowest BCUT2D eigenvalue weighted by molar-refractivity contribution is 0.686. The van der Waals surface area contributed by atoms with E-state index in [0.29, 0.717) is 0 Å². The maximum Gasteiger partial charge on any atom is 0.0543 e. The molecule has 0 saturated heterocycles. The van der Waals surface area contributed by atoms with Crippen LogP contribution in [0.15, 0.2) is 206 Å². The zero-order chi connectivity index (χ0) is 57.6. The van der Waals surface area contributed by atoms with Crippen LogP contribution in [0.2, 0.25) is 0 Å². The molecule has 4 nitrogen and oxygen atoms in total. The molecule has 0 unspecified atom stereocenters. The molecule has 2 aromatic heterocycles. The molecule has 0 N–H and O–H groups in total. The second kappa shape index (κ2) is 21.4. The zero-order valence-corrected chi connectivity index (χ0v) is 50.3. The van der Waals surface area contributed by atoms with E-state index < -0.39 is 0 Å². The number of hydrogen-bond donors (Lipinski definition) is 0. The van der Waals surface area contributed by atoms with Crippen LogP contribution in [0, 0.1) is 0 Å². The lowest BCUT2D eigenvalue weighted by atomic mass is 9.85. The molecule has 2 heterocycles. The number of nitrogens with zero attached hydrogens (tertiary/aromatic N) is 4. The number of para-hydroxylation sites is 2. The number of aryl methyl sites for hydroxylation is 6. The number of anilines is 6. The third kappa shape index (κ3) is 8.38. The summed E-state index contributed by atoms with van der Waals surface area (Å²) in [5.41, 5.74) is 26.3. The minimum absolute atomic E-state index is 0.985. The van der Waals surface area contributed by atoms with E-state index in [1.807, 2.05) is 0 Å². The monoisotopic (exact) mass is 1110 g/mol. The second-order valence-corrected chi connectivity index (χ2v) is 24.7. The Morgan fingerprint density at radius 3 is 1.16 bits per heavy atom. The van der Waals surface area contributed by atoms with Crippen LogP contribution in [0.25, 0.3) is 87.3 Å². The highest BCUT2D eigenvalue weighted by molar-refractivity contribution is 6.29. The number of benzene rings is 12. The molecule has 0 bridgehead atoms. The highest BCUT2D eigenvalue weighted by Gasteiger charge is 2.29. The molecule has 2 aliphatic rings. The Balaban J connectivity index is 0.970. The molecule has 12 aromatic carbocycles. The highest BCUT2D eigenvalue weighted by Crippen LogP contribution is 2.53. The number of rotatable bonds is 14. The molecule has 0 saturated carbocycles. The molecule has 4 heteroatoms. The van der Waals surface area contributed by atoms with Crippen molar-refractivity contribution in [2.24, 2.45) is 0 Å². The molecule has 0 radical (unpaired) electrons. The van der Waals surface area contributed by atoms with Gasteiger partial charge in [0.2, 0.25) is 0 Å². The van der Waals surface area contributed by atoms with Gasteiger partial charge in [0.1, 0.15) is 0 Å². The van der Waals surface area contributed by atoms with Gasteiger partial charge < -0.3 is 18.9 Å². The van der Waals surface area contributed by atoms with Crippen LogP contribution in [0.1, 0.15) is 111 Å². The van der Waals surface area contributed by atoms with E-state index in [9.17, 15) is 0 Å². The Morgan fingerprint density at radius 2 is 0.733 bits per heavy atom. The van der Waals surface area contributed by atoms with Crippen molar-refractivity contribution in [2.45, 2.75) is 118 Å². The summed E-state index contributed by atoms with van der Waals surface area (Å²) in [7, 11) is 0. The van der Waals surface area contributed by atoms with E-state index in [1.165, 1.54) is 192 Å². The fourth-order valence-electron chi connectivity index (χ4n) is 15.7. The number of hydrogen-bond acceptors (Lipinski definition) is 2. The summed E-state index contributed by atoms with van der Waals surface area (Å²) in [6, 6.07) is 80.6. The first kappa shape index (κ1) is 52.4. The van der Waals surface area contributed by atoms with Gasteiger partial charge in [0, 0.05) is 66.4 Å². The van der Waals surface area contributed by atoms with Crippen LogP contribution >= 0.6 is 0 Å². The molecule has 14 aromatic rings. The van der Waals surface area contributed by atoms with Gasteiger partial charge in [-0.2, -0.15) is 0 Å². The van der Waals surface area contributed by atoms with E-state index in [2.05, 4.69) is 253 Å². The Bertz CT molecular complexity index is 4620. The average molecular weight is 1120 g/mol. The summed E-state index contributed by atoms with van der Waals surface area (Å²) >= 11 is 0. The van der Waals surface area contributed by atoms with E-state index in [0.717, 1.165) is 64.2 Å². The smallest absolute Gasteiger partial charge is 0.0543 e. The Hall–Kier alpha value is -9.12. The van der Waals surface area contributed by atoms with E-state index >= 15 is 0 Å². The summed E-state index contributed by atoms with van der Waals surface area (Å²) in [4.78, 5) is 5.38. The first-order valence-corrected chi connectivity index (χ1v) is 32.3. The largest absolute Gasteiger partial charge is 0.310 e. The first-order valence-electron chi connectivity index (χ1n) is 32.3. The molecule has 422 valence electrons. The molecular weight excluding hydrogens is 1040 g/mol. The quantitative estimate of drug-likeness (QED) is 0.101. The summed E-state index contributed by atoms with van der Waals surface area (Å²) in [6.45, 7) is 9.18. The van der Waals surface area contributed by atoms with Crippen molar-refractivity contribution in [1.82, 2.24) is 9.13 Å². The zero-order valence-electron chi connectivity index (χ0n) is 50.3. The van der Waals surface area contributed by atoms with Crippen molar-refractivity contribution >= 4 is 110 Å². The van der Waals surface area contributed by atoms with Gasteiger partial charge in [-0.25, -0.2) is 0 Å². The van der Waals surface area contributed by atoms with Crippen molar-refractivity contribution < 1.29 is 0 Å². The van der Waals surface area contributed by atoms with Crippen molar-refractivity contribution in [3.63, 3.8) is 0 Å². The van der Waals surface area contributed by atoms with E-state index in [4.69, 9.17) is 0 Å². The van der Waals surface area contributed by atoms with E-state index in [1.54, 1.807) is 0 Å². The lowest BCUT2D eigenvalue weighted by Gasteiger charge is -2.33. The second-order valence-electron chi connectivity index (χ2n) is 24.7. The summed E-state index contributed by atoms with van der Waals surface area (Å²) in [5, 5.41) is 13.2. The summed E-state index contributed by atoms with van der Waals surface area (Å²) in [6.07, 6.45) is 15.4. The summed E-state index contributed by atoms with van der Waals surface area (Å²) in [5.74, 6) is 0. The van der Waals surface area contributed by atoms with Gasteiger partial charge in [0.05, 0.1) is 33.4 Å². The molecule has 0 aliphatic heterocycles. The average Bonchev–Trinajstić information content (AvgIpc) is 0.806. The predicted molar refractivity (Wildman–Crippen MR) is 368 cm³/mol. The molecule has 0 spiro atoms. The standard InChI is InChI=1S/C82H74N4/c1-5-19-57-49-79(85(73-31-17-23-55-21-9-11-25-63(55)73)61-41-47-77-71(51-61)67-27-13-15-29-75(67)83(77)59-37-33-53(7-3)34-38-59)69-46-44-66-58(20-6-2)50-80(70-45-43-65(57)81(69)82(66)70)86(74-32-18-24-56-22-10-12-26-64(56)74)62-42-48-78-72(52-62)68-28-14-16-30-76(68)84(78)60-39-35-54(8-4)36-40-60/h13-18,23-24,27-52H,5-12,19-22,25-26H2,1-4H3. The molecule has 0 atom stereocenters. The Morgan fingerprint density at radius 1 is 0.326 bits per heavy atom. The predicted octanol–water partition coefficient (Wildman–Crippen LogP) is 22.5. The van der Waals surface area contributed by atoms with Crippen LogP contribution in [0.4, 0.5) is 34.1 Å². The van der Waals surface area contributed by atoms with Gasteiger partial charge in [0.25, 0.3) is 0 Å². The van der Waals surface area contributed by atoms with Gasteiger partial charge in [-0.15, -0.1) is 0 Å². The first-order chi connectivity index (χ1) is 42.5. The molecule has 86 heavy (non-hydrogen) atoms. The van der Waals surface area contributed by atoms with Crippen LogP contribution in [0.5, 0.6) is 0 Å². The van der Waals surface area contributed by atoms with E-state index in [-0.39, 0.29) is 0 Å². The van der Waals surface area contributed by atoms with Crippen LogP contribution in [0.3, 0.4) is 0 Å². The minimum Gasteiger partial charge on any atom is -0.310 e. The maximum atomic E-state index is 2.69. The SMILES string of the molecule is CCCc1cc(N(c2ccc3c(c2)c2ccccc2n3-c2ccc(CC)cc2)c2cccc3c2CCCC3)c2ccc3c(CCC)cc(N(c4ccc5c(c4)c4ccccc4n5-c4ccc(CC)cc4)c4cccc5c4CCCC5)c4ccc1c2c34. The van der Waals surface area contributed by atoms with Crippen molar-refractivity contribution in [3.05, 3.63) is 251 Å². The Kier molecular flexibility index (Phi) is 13.1. The van der Waals surface area contributed by atoms with Gasteiger partial charge in [-0.3, -0.25) is 0 Å². The van der Waals surface area contributed by atoms with Gasteiger partial charge in [-0.1, -0.05) is 150 Å². The van der Waals surface area contributed by atoms with Crippen LogP contribution in [-0.4, -0.2) is 9.13 Å². The third-order valence-electron chi connectivity index (χ3n) is 19.8. The molecule has 2 aliphatic carbocycles. The van der Waals surface area contributed by atoms with Gasteiger partial charge >= 0.3 is 0 Å². The normalized spacial score (nSPS) is 13.5. The molecule has 0 amide bonds. The maximum absolute atomic E-state index is 2.69. The third-order valence-corrected chi connectivity index (χ3v) is 19.8. The topological polar surface area (TPSA) is 16.3 Å². The van der Waals surface area contributed by atoms with Gasteiger partial charge in [0.15, 0.2) is 0 Å². The number of fused-ring (bicyclic) bond motifs is 8. The minimum atomic E-state index is 0.985.